The summed E-state index contributed by atoms with van der Waals surface area (Å²) in [6.45, 7) is 6.53. The minimum atomic E-state index is -0.722. The summed E-state index contributed by atoms with van der Waals surface area (Å²) in [5.74, 6) is -0.359. The molecule has 2 aliphatic heterocycles. The predicted octanol–water partition coefficient (Wildman–Crippen LogP) is 3.05. The molecule has 0 atom stereocenters. The highest BCUT2D eigenvalue weighted by Crippen LogP contribution is 2.34. The number of likely N-dealkylation sites (tertiary alicyclic amines) is 1. The number of ether oxygens (including phenoxy) is 2. The van der Waals surface area contributed by atoms with Gasteiger partial charge < -0.3 is 14.4 Å². The lowest BCUT2D eigenvalue weighted by atomic mass is 9.91. The molecule has 0 radical (unpaired) electrons. The van der Waals surface area contributed by atoms with E-state index in [2.05, 4.69) is 0 Å². The van der Waals surface area contributed by atoms with E-state index in [-0.39, 0.29) is 18.5 Å². The van der Waals surface area contributed by atoms with Crippen molar-refractivity contribution in [1.29, 1.82) is 0 Å². The van der Waals surface area contributed by atoms with Crippen LogP contribution in [0.2, 0.25) is 0 Å². The fourth-order valence-electron chi connectivity index (χ4n) is 3.20. The molecule has 0 bridgehead atoms. The molecule has 26 heavy (non-hydrogen) atoms. The van der Waals surface area contributed by atoms with Gasteiger partial charge in [-0.1, -0.05) is 18.2 Å². The molecule has 0 aliphatic carbocycles. The second-order valence-corrected chi connectivity index (χ2v) is 7.78. The van der Waals surface area contributed by atoms with Crippen molar-refractivity contribution in [2.24, 2.45) is 0 Å². The van der Waals surface area contributed by atoms with Crippen LogP contribution in [0.1, 0.15) is 44.0 Å². The Kier molecular flexibility index (Phi) is 4.64. The zero-order valence-corrected chi connectivity index (χ0v) is 15.4. The number of carbonyl (C=O) groups excluding carboxylic acids is 3. The second-order valence-electron chi connectivity index (χ2n) is 7.78. The first-order valence-corrected chi connectivity index (χ1v) is 8.77. The van der Waals surface area contributed by atoms with Crippen LogP contribution < -0.4 is 0 Å². The Morgan fingerprint density at radius 2 is 1.73 bits per heavy atom. The smallest absolute Gasteiger partial charge is 0.417 e. The van der Waals surface area contributed by atoms with Gasteiger partial charge in [0.25, 0.3) is 5.91 Å². The summed E-state index contributed by atoms with van der Waals surface area (Å²) >= 11 is 0. The van der Waals surface area contributed by atoms with Gasteiger partial charge in [0.1, 0.15) is 11.2 Å². The summed E-state index contributed by atoms with van der Waals surface area (Å²) in [5, 5.41) is 0. The molecule has 140 valence electrons. The lowest BCUT2D eigenvalue weighted by molar-refractivity contribution is -0.0170. The average Bonchev–Trinajstić information content (AvgIpc) is 2.90. The molecule has 2 fully saturated rings. The van der Waals surface area contributed by atoms with Crippen molar-refractivity contribution in [3.05, 3.63) is 35.9 Å². The van der Waals surface area contributed by atoms with Gasteiger partial charge in [0.05, 0.1) is 6.54 Å². The first-order chi connectivity index (χ1) is 12.2. The zero-order valence-electron chi connectivity index (χ0n) is 15.4. The van der Waals surface area contributed by atoms with Crippen LogP contribution in [0.15, 0.2) is 30.3 Å². The van der Waals surface area contributed by atoms with Crippen molar-refractivity contribution in [3.8, 4) is 0 Å². The number of rotatable bonds is 1. The van der Waals surface area contributed by atoms with E-state index in [4.69, 9.17) is 9.47 Å². The van der Waals surface area contributed by atoms with Crippen LogP contribution in [0.4, 0.5) is 9.59 Å². The van der Waals surface area contributed by atoms with E-state index in [9.17, 15) is 14.4 Å². The third-order valence-corrected chi connectivity index (χ3v) is 4.56. The maximum atomic E-state index is 12.6. The van der Waals surface area contributed by atoms with Crippen LogP contribution >= 0.6 is 0 Å². The first kappa shape index (κ1) is 18.2. The van der Waals surface area contributed by atoms with Gasteiger partial charge >= 0.3 is 12.2 Å². The maximum Gasteiger partial charge on any atom is 0.417 e. The summed E-state index contributed by atoms with van der Waals surface area (Å²) in [7, 11) is 0. The molecule has 3 amide bonds. The zero-order chi connectivity index (χ0) is 18.9. The van der Waals surface area contributed by atoms with Crippen molar-refractivity contribution in [1.82, 2.24) is 9.80 Å². The normalized spacial score (nSPS) is 19.4. The van der Waals surface area contributed by atoms with Crippen LogP contribution in [0.3, 0.4) is 0 Å². The minimum Gasteiger partial charge on any atom is -0.444 e. The molecular formula is C19H24N2O5. The van der Waals surface area contributed by atoms with Crippen molar-refractivity contribution in [2.45, 2.75) is 44.8 Å². The van der Waals surface area contributed by atoms with Crippen molar-refractivity contribution >= 4 is 18.1 Å². The van der Waals surface area contributed by atoms with Gasteiger partial charge in [-0.05, 0) is 32.9 Å². The average molecular weight is 360 g/mol. The highest BCUT2D eigenvalue weighted by atomic mass is 16.6. The monoisotopic (exact) mass is 360 g/mol. The summed E-state index contributed by atoms with van der Waals surface area (Å²) in [6.07, 6.45) is -0.0222. The summed E-state index contributed by atoms with van der Waals surface area (Å²) in [4.78, 5) is 39.7. The molecule has 7 nitrogen and oxygen atoms in total. The number of amides is 3. The van der Waals surface area contributed by atoms with Gasteiger partial charge in [-0.15, -0.1) is 0 Å². The Morgan fingerprint density at radius 1 is 1.12 bits per heavy atom. The fourth-order valence-corrected chi connectivity index (χ4v) is 3.20. The topological polar surface area (TPSA) is 76.2 Å². The number of piperidine rings is 1. The number of benzene rings is 1. The van der Waals surface area contributed by atoms with Crippen LogP contribution in [0.5, 0.6) is 0 Å². The number of hydrogen-bond donors (Lipinski definition) is 0. The van der Waals surface area contributed by atoms with Crippen LogP contribution in [-0.4, -0.2) is 58.7 Å². The molecule has 0 saturated carbocycles. The van der Waals surface area contributed by atoms with Gasteiger partial charge in [0.15, 0.2) is 0 Å². The van der Waals surface area contributed by atoms with E-state index < -0.39 is 17.3 Å². The van der Waals surface area contributed by atoms with Gasteiger partial charge in [0, 0.05) is 31.5 Å². The molecule has 7 heteroatoms. The lowest BCUT2D eigenvalue weighted by Crippen LogP contribution is -2.50. The molecule has 0 unspecified atom stereocenters. The summed E-state index contributed by atoms with van der Waals surface area (Å²) in [5.41, 5.74) is -0.821. The Morgan fingerprint density at radius 3 is 2.31 bits per heavy atom. The van der Waals surface area contributed by atoms with E-state index in [1.807, 2.05) is 26.8 Å². The Hall–Kier alpha value is -2.57. The standard InChI is InChI=1S/C19H24N2O5/c1-18(2,3)25-16(23)20-11-9-19(10-12-20)13-21(17(24)26-19)15(22)14-7-5-4-6-8-14/h4-8H,9-13H2,1-3H3. The molecule has 1 aromatic rings. The van der Waals surface area contributed by atoms with Gasteiger partial charge in [-0.25, -0.2) is 14.5 Å². The van der Waals surface area contributed by atoms with Crippen molar-refractivity contribution < 1.29 is 23.9 Å². The lowest BCUT2D eigenvalue weighted by Gasteiger charge is -2.37. The third kappa shape index (κ3) is 3.81. The summed E-state index contributed by atoms with van der Waals surface area (Å²) in [6, 6.07) is 8.66. The van der Waals surface area contributed by atoms with Crippen molar-refractivity contribution in [3.63, 3.8) is 0 Å². The largest absolute Gasteiger partial charge is 0.444 e. The molecular weight excluding hydrogens is 336 g/mol. The molecule has 2 heterocycles. The quantitative estimate of drug-likeness (QED) is 0.769. The Bertz CT molecular complexity index is 702. The highest BCUT2D eigenvalue weighted by molar-refractivity contribution is 6.03. The second kappa shape index (κ2) is 6.63. The van der Waals surface area contributed by atoms with Gasteiger partial charge in [-0.3, -0.25) is 4.79 Å². The maximum absolute atomic E-state index is 12.6. The van der Waals surface area contributed by atoms with E-state index in [1.54, 1.807) is 29.2 Å². The highest BCUT2D eigenvalue weighted by Gasteiger charge is 2.49. The van der Waals surface area contributed by atoms with Gasteiger partial charge in [0.2, 0.25) is 0 Å². The minimum absolute atomic E-state index is 0.210. The number of carbonyl (C=O) groups is 3. The SMILES string of the molecule is CC(C)(C)OC(=O)N1CCC2(CC1)CN(C(=O)c1ccccc1)C(=O)O2. The number of imide groups is 1. The fraction of sp³-hybridized carbons (Fsp3) is 0.526. The molecule has 2 aliphatic rings. The molecule has 0 N–H and O–H groups in total. The van der Waals surface area contributed by atoms with E-state index >= 15 is 0 Å². The number of nitrogens with zero attached hydrogens (tertiary/aromatic N) is 2. The van der Waals surface area contributed by atoms with E-state index in [1.165, 1.54) is 0 Å². The first-order valence-electron chi connectivity index (χ1n) is 8.77. The Balaban J connectivity index is 1.62. The molecule has 3 rings (SSSR count). The predicted molar refractivity (Wildman–Crippen MR) is 93.7 cm³/mol. The van der Waals surface area contributed by atoms with Gasteiger partial charge in [-0.2, -0.15) is 0 Å². The number of hydrogen-bond acceptors (Lipinski definition) is 5. The van der Waals surface area contributed by atoms with Crippen LogP contribution in [0, 0.1) is 0 Å². The summed E-state index contributed by atoms with van der Waals surface area (Å²) < 4.78 is 10.9. The third-order valence-electron chi connectivity index (χ3n) is 4.56. The van der Waals surface area contributed by atoms with Crippen LogP contribution in [-0.2, 0) is 9.47 Å². The molecule has 1 spiro atoms. The van der Waals surface area contributed by atoms with E-state index in [0.29, 0.717) is 31.5 Å². The van der Waals surface area contributed by atoms with Crippen LogP contribution in [0.25, 0.3) is 0 Å². The Labute approximate surface area is 152 Å². The van der Waals surface area contributed by atoms with Crippen molar-refractivity contribution in [2.75, 3.05) is 19.6 Å². The molecule has 1 aromatic carbocycles. The van der Waals surface area contributed by atoms with E-state index in [0.717, 1.165) is 4.90 Å². The molecule has 2 saturated heterocycles. The molecule has 0 aromatic heterocycles.